The van der Waals surface area contributed by atoms with Gasteiger partial charge in [-0.3, -0.25) is 15.0 Å². The monoisotopic (exact) mass is 464 g/mol. The first-order valence-corrected chi connectivity index (χ1v) is 8.60. The SMILES string of the molecule is O=C(O)COc1ccccc1/C=C1\C(=O)NN(c2ccc(I)cc2)C1=O. The molecule has 2 aromatic carbocycles. The molecule has 1 aliphatic rings. The van der Waals surface area contributed by atoms with E-state index in [1.165, 1.54) is 11.1 Å². The molecule has 0 aliphatic carbocycles. The van der Waals surface area contributed by atoms with Gasteiger partial charge < -0.3 is 9.84 Å². The summed E-state index contributed by atoms with van der Waals surface area (Å²) < 4.78 is 6.21. The van der Waals surface area contributed by atoms with Crippen LogP contribution < -0.4 is 15.2 Å². The lowest BCUT2D eigenvalue weighted by Crippen LogP contribution is -2.35. The zero-order chi connectivity index (χ0) is 18.7. The molecule has 2 aromatic rings. The number of anilines is 1. The highest BCUT2D eigenvalue weighted by Gasteiger charge is 2.34. The zero-order valence-electron chi connectivity index (χ0n) is 13.3. The van der Waals surface area contributed by atoms with Gasteiger partial charge in [-0.25, -0.2) is 9.80 Å². The average molecular weight is 464 g/mol. The molecule has 1 fully saturated rings. The summed E-state index contributed by atoms with van der Waals surface area (Å²) in [7, 11) is 0. The molecule has 1 aliphatic heterocycles. The average Bonchev–Trinajstić information content (AvgIpc) is 2.90. The van der Waals surface area contributed by atoms with E-state index in [0.29, 0.717) is 11.3 Å². The van der Waals surface area contributed by atoms with Crippen LogP contribution in [-0.2, 0) is 14.4 Å². The van der Waals surface area contributed by atoms with Crippen molar-refractivity contribution in [3.63, 3.8) is 0 Å². The third-order valence-corrected chi connectivity index (χ3v) is 4.27. The normalized spacial score (nSPS) is 15.3. The number of hydrazine groups is 1. The topological polar surface area (TPSA) is 95.9 Å². The fraction of sp³-hybridized carbons (Fsp3) is 0.0556. The lowest BCUT2D eigenvalue weighted by molar-refractivity contribution is -0.139. The van der Waals surface area contributed by atoms with Crippen LogP contribution in [0, 0.1) is 3.57 Å². The first-order chi connectivity index (χ1) is 12.5. The summed E-state index contributed by atoms with van der Waals surface area (Å²) in [5, 5.41) is 9.92. The highest BCUT2D eigenvalue weighted by atomic mass is 127. The molecule has 1 saturated heterocycles. The second-order valence-electron chi connectivity index (χ2n) is 5.34. The highest BCUT2D eigenvalue weighted by molar-refractivity contribution is 14.1. The number of ether oxygens (including phenoxy) is 1. The molecule has 0 aromatic heterocycles. The van der Waals surface area contributed by atoms with E-state index < -0.39 is 24.4 Å². The smallest absolute Gasteiger partial charge is 0.341 e. The third-order valence-electron chi connectivity index (χ3n) is 3.55. The lowest BCUT2D eigenvalue weighted by atomic mass is 10.1. The molecule has 0 spiro atoms. The third kappa shape index (κ3) is 3.85. The maximum absolute atomic E-state index is 12.6. The summed E-state index contributed by atoms with van der Waals surface area (Å²) in [6.07, 6.45) is 1.39. The second kappa shape index (κ2) is 7.56. The minimum atomic E-state index is -1.12. The Bertz CT molecular complexity index is 908. The standard InChI is InChI=1S/C18H13IN2O5/c19-12-5-7-13(8-6-12)21-18(25)14(17(24)20-21)9-11-3-1-2-4-15(11)26-10-16(22)23/h1-9H,10H2,(H,20,24)(H,22,23)/b14-9+. The Balaban J connectivity index is 1.90. The van der Waals surface area contributed by atoms with Crippen molar-refractivity contribution in [1.29, 1.82) is 0 Å². The lowest BCUT2D eigenvalue weighted by Gasteiger charge is -2.14. The van der Waals surface area contributed by atoms with Crippen LogP contribution >= 0.6 is 22.6 Å². The molecule has 0 bridgehead atoms. The molecule has 0 saturated carbocycles. The highest BCUT2D eigenvalue weighted by Crippen LogP contribution is 2.25. The number of para-hydroxylation sites is 1. The number of benzene rings is 2. The molecule has 0 radical (unpaired) electrons. The van der Waals surface area contributed by atoms with E-state index in [2.05, 4.69) is 28.0 Å². The fourth-order valence-electron chi connectivity index (χ4n) is 2.36. The number of aliphatic carboxylic acids is 1. The van der Waals surface area contributed by atoms with Gasteiger partial charge in [0.2, 0.25) is 0 Å². The van der Waals surface area contributed by atoms with Gasteiger partial charge in [0.25, 0.3) is 11.8 Å². The van der Waals surface area contributed by atoms with Crippen LogP contribution in [0.4, 0.5) is 5.69 Å². The number of nitrogens with one attached hydrogen (secondary N) is 1. The van der Waals surface area contributed by atoms with E-state index in [4.69, 9.17) is 9.84 Å². The Morgan fingerprint density at radius 1 is 1.15 bits per heavy atom. The Labute approximate surface area is 162 Å². The molecule has 2 amide bonds. The number of halogens is 1. The van der Waals surface area contributed by atoms with E-state index >= 15 is 0 Å². The van der Waals surface area contributed by atoms with Crippen molar-refractivity contribution in [3.8, 4) is 5.75 Å². The van der Waals surface area contributed by atoms with Gasteiger partial charge >= 0.3 is 5.97 Å². The van der Waals surface area contributed by atoms with Crippen molar-refractivity contribution in [2.75, 3.05) is 11.6 Å². The van der Waals surface area contributed by atoms with E-state index in [-0.39, 0.29) is 11.3 Å². The van der Waals surface area contributed by atoms with Gasteiger partial charge in [0, 0.05) is 9.13 Å². The first-order valence-electron chi connectivity index (χ1n) is 7.52. The molecule has 7 nitrogen and oxygen atoms in total. The fourth-order valence-corrected chi connectivity index (χ4v) is 2.72. The minimum Gasteiger partial charge on any atom is -0.481 e. The van der Waals surface area contributed by atoms with Gasteiger partial charge in [0.1, 0.15) is 11.3 Å². The molecule has 132 valence electrons. The van der Waals surface area contributed by atoms with Crippen molar-refractivity contribution < 1.29 is 24.2 Å². The molecule has 1 heterocycles. The summed E-state index contributed by atoms with van der Waals surface area (Å²) in [4.78, 5) is 35.5. The first kappa shape index (κ1) is 17.9. The molecular weight excluding hydrogens is 451 g/mol. The van der Waals surface area contributed by atoms with Crippen molar-refractivity contribution in [2.45, 2.75) is 0 Å². The minimum absolute atomic E-state index is 0.0603. The number of carboxylic acid groups (broad SMARTS) is 1. The van der Waals surface area contributed by atoms with E-state index in [1.54, 1.807) is 36.4 Å². The quantitative estimate of drug-likeness (QED) is 0.402. The zero-order valence-corrected chi connectivity index (χ0v) is 15.5. The van der Waals surface area contributed by atoms with Gasteiger partial charge in [-0.2, -0.15) is 0 Å². The van der Waals surface area contributed by atoms with E-state index in [0.717, 1.165) is 3.57 Å². The van der Waals surface area contributed by atoms with Crippen LogP contribution in [0.15, 0.2) is 54.1 Å². The summed E-state index contributed by atoms with van der Waals surface area (Å²) in [6.45, 7) is -0.519. The molecule has 26 heavy (non-hydrogen) atoms. The van der Waals surface area contributed by atoms with E-state index in [1.807, 2.05) is 12.1 Å². The van der Waals surface area contributed by atoms with Gasteiger partial charge in [-0.05, 0) is 59.0 Å². The Morgan fingerprint density at radius 3 is 2.54 bits per heavy atom. The number of nitrogens with zero attached hydrogens (tertiary/aromatic N) is 1. The number of amides is 2. The van der Waals surface area contributed by atoms with Gasteiger partial charge in [0.05, 0.1) is 5.69 Å². The maximum Gasteiger partial charge on any atom is 0.341 e. The summed E-state index contributed by atoms with van der Waals surface area (Å²) in [5.74, 6) is -1.88. The van der Waals surface area contributed by atoms with Crippen LogP contribution in [0.5, 0.6) is 5.75 Å². The van der Waals surface area contributed by atoms with Crippen LogP contribution in [0.1, 0.15) is 5.56 Å². The van der Waals surface area contributed by atoms with Crippen molar-refractivity contribution >= 4 is 52.1 Å². The summed E-state index contributed by atoms with van der Waals surface area (Å²) in [5.41, 5.74) is 3.44. The van der Waals surface area contributed by atoms with E-state index in [9.17, 15) is 14.4 Å². The van der Waals surface area contributed by atoms with Crippen LogP contribution in [0.25, 0.3) is 6.08 Å². The number of hydrogen-bond donors (Lipinski definition) is 2. The number of rotatable bonds is 5. The molecule has 0 unspecified atom stereocenters. The molecule has 0 atom stereocenters. The number of carbonyl (C=O) groups excluding carboxylic acids is 2. The Hall–Kier alpha value is -2.88. The Morgan fingerprint density at radius 2 is 1.85 bits per heavy atom. The second-order valence-corrected chi connectivity index (χ2v) is 6.58. The predicted molar refractivity (Wildman–Crippen MR) is 102 cm³/mol. The number of hydrogen-bond acceptors (Lipinski definition) is 4. The predicted octanol–water partition coefficient (Wildman–Crippen LogP) is 2.22. The molecule has 2 N–H and O–H groups in total. The summed E-state index contributed by atoms with van der Waals surface area (Å²) >= 11 is 2.15. The maximum atomic E-state index is 12.6. The largest absolute Gasteiger partial charge is 0.481 e. The van der Waals surface area contributed by atoms with Crippen molar-refractivity contribution in [2.24, 2.45) is 0 Å². The number of carbonyl (C=O) groups is 3. The summed E-state index contributed by atoms with van der Waals surface area (Å²) in [6, 6.07) is 13.7. The van der Waals surface area contributed by atoms with Crippen LogP contribution in [0.2, 0.25) is 0 Å². The molecule has 8 heteroatoms. The van der Waals surface area contributed by atoms with Crippen molar-refractivity contribution in [3.05, 3.63) is 63.2 Å². The molecular formula is C18H13IN2O5. The Kier molecular flexibility index (Phi) is 5.21. The van der Waals surface area contributed by atoms with Gasteiger partial charge in [-0.15, -0.1) is 0 Å². The molecule has 3 rings (SSSR count). The van der Waals surface area contributed by atoms with Crippen LogP contribution in [-0.4, -0.2) is 29.5 Å². The number of carboxylic acids is 1. The van der Waals surface area contributed by atoms with Gasteiger partial charge in [-0.1, -0.05) is 18.2 Å². The van der Waals surface area contributed by atoms with Crippen molar-refractivity contribution in [1.82, 2.24) is 5.43 Å². The van der Waals surface area contributed by atoms with Gasteiger partial charge in [0.15, 0.2) is 6.61 Å². The van der Waals surface area contributed by atoms with Crippen LogP contribution in [0.3, 0.4) is 0 Å².